The van der Waals surface area contributed by atoms with Crippen molar-refractivity contribution >= 4 is 5.71 Å². The normalized spacial score (nSPS) is 13.0. The molecule has 0 aliphatic rings. The van der Waals surface area contributed by atoms with Crippen LogP contribution in [-0.2, 0) is 0 Å². The smallest absolute Gasteiger partial charge is 0.0495 e. The summed E-state index contributed by atoms with van der Waals surface area (Å²) < 4.78 is 0. The van der Waals surface area contributed by atoms with E-state index in [1.165, 1.54) is 6.20 Å². The zero-order valence-electron chi connectivity index (χ0n) is 4.96. The summed E-state index contributed by atoms with van der Waals surface area (Å²) >= 11 is 0. The van der Waals surface area contributed by atoms with Crippen molar-refractivity contribution in [2.75, 3.05) is 13.6 Å². The number of rotatable bonds is 2. The third-order valence-corrected chi connectivity index (χ3v) is 0.785. The molecule has 0 bridgehead atoms. The number of nitrogens with two attached hydrogens (primary N) is 2. The van der Waals surface area contributed by atoms with Crippen LogP contribution in [0.1, 0.15) is 0 Å². The Balaban J connectivity index is 3.72. The first kappa shape index (κ1) is 7.17. The van der Waals surface area contributed by atoms with Crippen LogP contribution in [0, 0.1) is 0 Å². The maximum atomic E-state index is 5.23. The summed E-state index contributed by atoms with van der Waals surface area (Å²) in [6.45, 7) is 0.449. The Morgan fingerprint density at radius 2 is 2.38 bits per heavy atom. The van der Waals surface area contributed by atoms with Crippen LogP contribution in [0.5, 0.6) is 0 Å². The number of hydrogen-bond donors (Lipinski definition) is 2. The van der Waals surface area contributed by atoms with Crippen LogP contribution in [0.25, 0.3) is 0 Å². The second-order valence-electron chi connectivity index (χ2n) is 1.28. The van der Waals surface area contributed by atoms with Crippen LogP contribution in [0.2, 0.25) is 0 Å². The Labute approximate surface area is 49.1 Å². The van der Waals surface area contributed by atoms with Crippen molar-refractivity contribution < 1.29 is 0 Å². The highest BCUT2D eigenvalue weighted by Gasteiger charge is 1.82. The van der Waals surface area contributed by atoms with Gasteiger partial charge in [-0.15, -0.1) is 0 Å². The van der Waals surface area contributed by atoms with Crippen molar-refractivity contribution in [1.29, 1.82) is 0 Å². The summed E-state index contributed by atoms with van der Waals surface area (Å²) in [5, 5.41) is 0. The van der Waals surface area contributed by atoms with E-state index in [0.717, 1.165) is 5.71 Å². The van der Waals surface area contributed by atoms with Crippen molar-refractivity contribution in [1.82, 2.24) is 0 Å². The van der Waals surface area contributed by atoms with Gasteiger partial charge in [-0.25, -0.2) is 0 Å². The quantitative estimate of drug-likeness (QED) is 0.474. The van der Waals surface area contributed by atoms with E-state index in [1.807, 2.05) is 0 Å². The highest BCUT2D eigenvalue weighted by atomic mass is 14.7. The van der Waals surface area contributed by atoms with Gasteiger partial charge < -0.3 is 11.5 Å². The molecule has 0 radical (unpaired) electrons. The topological polar surface area (TPSA) is 64.4 Å². The zero-order valence-corrected chi connectivity index (χ0v) is 4.96. The predicted molar refractivity (Wildman–Crippen MR) is 35.7 cm³/mol. The van der Waals surface area contributed by atoms with E-state index in [1.54, 1.807) is 13.1 Å². The molecule has 46 valence electrons. The molecule has 0 saturated carbocycles. The minimum absolute atomic E-state index is 0.449. The van der Waals surface area contributed by atoms with Gasteiger partial charge in [-0.3, -0.25) is 4.99 Å². The average Bonchev–Trinajstić information content (AvgIpc) is 1.83. The van der Waals surface area contributed by atoms with Crippen LogP contribution < -0.4 is 11.5 Å². The lowest BCUT2D eigenvalue weighted by Crippen LogP contribution is -2.11. The number of nitrogens with zero attached hydrogens (tertiary/aromatic N) is 1. The molecule has 4 N–H and O–H groups in total. The van der Waals surface area contributed by atoms with Crippen molar-refractivity contribution in [2.24, 2.45) is 16.5 Å². The molecule has 0 fully saturated rings. The molecule has 8 heavy (non-hydrogen) atoms. The van der Waals surface area contributed by atoms with Gasteiger partial charge in [-0.2, -0.15) is 0 Å². The van der Waals surface area contributed by atoms with Crippen molar-refractivity contribution in [3.63, 3.8) is 0 Å². The Morgan fingerprint density at radius 1 is 1.75 bits per heavy atom. The zero-order chi connectivity index (χ0) is 6.41. The van der Waals surface area contributed by atoms with E-state index in [9.17, 15) is 0 Å². The molecule has 0 aliphatic carbocycles. The summed E-state index contributed by atoms with van der Waals surface area (Å²) in [5.74, 6) is 0. The molecule has 0 aliphatic heterocycles. The predicted octanol–water partition coefficient (Wildman–Crippen LogP) is -0.512. The van der Waals surface area contributed by atoms with Gasteiger partial charge in [0.05, 0.1) is 0 Å². The van der Waals surface area contributed by atoms with Gasteiger partial charge in [0.1, 0.15) is 0 Å². The summed E-state index contributed by atoms with van der Waals surface area (Å²) in [4.78, 5) is 3.82. The first-order valence-corrected chi connectivity index (χ1v) is 2.39. The van der Waals surface area contributed by atoms with Gasteiger partial charge in [0.15, 0.2) is 0 Å². The maximum absolute atomic E-state index is 5.23. The Kier molecular flexibility index (Phi) is 3.88. The van der Waals surface area contributed by atoms with Crippen LogP contribution in [0.4, 0.5) is 0 Å². The fourth-order valence-corrected chi connectivity index (χ4v) is 0.345. The highest BCUT2D eigenvalue weighted by molar-refractivity contribution is 5.96. The standard InChI is InChI=1S/C5H11N3/c1-8-5(4-7)2-3-6/h2-3H,4,6-7H2,1H3. The van der Waals surface area contributed by atoms with Crippen LogP contribution in [0.15, 0.2) is 17.3 Å². The van der Waals surface area contributed by atoms with Gasteiger partial charge >= 0.3 is 0 Å². The molecule has 0 saturated heterocycles. The third-order valence-electron chi connectivity index (χ3n) is 0.785. The fraction of sp³-hybridized carbons (Fsp3) is 0.400. The molecule has 0 rings (SSSR count). The monoisotopic (exact) mass is 113 g/mol. The molecule has 3 heteroatoms. The molecule has 0 aromatic heterocycles. The second kappa shape index (κ2) is 4.33. The van der Waals surface area contributed by atoms with Crippen molar-refractivity contribution in [3.05, 3.63) is 12.3 Å². The molecule has 0 unspecified atom stereocenters. The van der Waals surface area contributed by atoms with Gasteiger partial charge in [-0.1, -0.05) is 0 Å². The minimum atomic E-state index is 0.449. The van der Waals surface area contributed by atoms with E-state index in [2.05, 4.69) is 4.99 Å². The van der Waals surface area contributed by atoms with Crippen LogP contribution >= 0.6 is 0 Å². The molecule has 0 atom stereocenters. The summed E-state index contributed by atoms with van der Waals surface area (Å²) in [5.41, 5.74) is 11.1. The van der Waals surface area contributed by atoms with Gasteiger partial charge in [-0.05, 0) is 12.3 Å². The minimum Gasteiger partial charge on any atom is -0.405 e. The molecule has 0 amide bonds. The van der Waals surface area contributed by atoms with Crippen LogP contribution in [0.3, 0.4) is 0 Å². The average molecular weight is 113 g/mol. The van der Waals surface area contributed by atoms with E-state index in [4.69, 9.17) is 11.5 Å². The summed E-state index contributed by atoms with van der Waals surface area (Å²) in [7, 11) is 1.68. The molecule has 0 heterocycles. The Bertz CT molecular complexity index is 101. The molecule has 3 nitrogen and oxygen atoms in total. The Morgan fingerprint density at radius 3 is 2.50 bits per heavy atom. The molecular weight excluding hydrogens is 102 g/mol. The van der Waals surface area contributed by atoms with Gasteiger partial charge in [0.2, 0.25) is 0 Å². The molecular formula is C5H11N3. The van der Waals surface area contributed by atoms with E-state index in [0.29, 0.717) is 6.54 Å². The highest BCUT2D eigenvalue weighted by Crippen LogP contribution is 1.73. The summed E-state index contributed by atoms with van der Waals surface area (Å²) in [6.07, 6.45) is 3.11. The fourth-order valence-electron chi connectivity index (χ4n) is 0.345. The number of hydrogen-bond acceptors (Lipinski definition) is 3. The van der Waals surface area contributed by atoms with Gasteiger partial charge in [0.25, 0.3) is 0 Å². The molecule has 0 aromatic carbocycles. The lowest BCUT2D eigenvalue weighted by molar-refractivity contribution is 1.27. The largest absolute Gasteiger partial charge is 0.405 e. The second-order valence-corrected chi connectivity index (χ2v) is 1.28. The summed E-state index contributed by atoms with van der Waals surface area (Å²) in [6, 6.07) is 0. The van der Waals surface area contributed by atoms with E-state index < -0.39 is 0 Å². The maximum Gasteiger partial charge on any atom is 0.0495 e. The SMILES string of the molecule is CN=C(C=CN)CN. The molecule has 0 spiro atoms. The number of aliphatic imine (C=N–C) groups is 1. The van der Waals surface area contributed by atoms with E-state index in [-0.39, 0.29) is 0 Å². The van der Waals surface area contributed by atoms with Crippen LogP contribution in [-0.4, -0.2) is 19.3 Å². The lowest BCUT2D eigenvalue weighted by Gasteiger charge is -1.89. The van der Waals surface area contributed by atoms with Crippen molar-refractivity contribution in [3.8, 4) is 0 Å². The lowest BCUT2D eigenvalue weighted by atomic mass is 10.4. The molecule has 0 aromatic rings. The van der Waals surface area contributed by atoms with E-state index >= 15 is 0 Å². The van der Waals surface area contributed by atoms with Crippen molar-refractivity contribution in [2.45, 2.75) is 0 Å². The van der Waals surface area contributed by atoms with Gasteiger partial charge in [0, 0.05) is 19.3 Å². The first-order chi connectivity index (χ1) is 3.85. The first-order valence-electron chi connectivity index (χ1n) is 2.39. The third kappa shape index (κ3) is 2.36. The Hall–Kier alpha value is -0.830.